The van der Waals surface area contributed by atoms with Crippen LogP contribution in [0.1, 0.15) is 19.4 Å². The molecule has 1 atom stereocenters. The van der Waals surface area contributed by atoms with Crippen LogP contribution in [0.5, 0.6) is 11.5 Å². The van der Waals surface area contributed by atoms with Crippen LogP contribution in [0.4, 0.5) is 0 Å². The van der Waals surface area contributed by atoms with Gasteiger partial charge in [-0.1, -0.05) is 18.2 Å². The molecule has 3 aromatic carbocycles. The van der Waals surface area contributed by atoms with Gasteiger partial charge in [0.15, 0.2) is 11.9 Å². The largest absolute Gasteiger partial charge is 0.496 e. The number of esters is 1. The van der Waals surface area contributed by atoms with Crippen LogP contribution in [0.3, 0.4) is 0 Å². The number of methoxy groups -OCH3 is 1. The van der Waals surface area contributed by atoms with Crippen molar-refractivity contribution in [1.29, 1.82) is 0 Å². The fourth-order valence-electron chi connectivity index (χ4n) is 3.98. The predicted molar refractivity (Wildman–Crippen MR) is 144 cm³/mol. The SMILES string of the molecule is CCOC(=O)[C@H](C)Oc1ccc(C=Nn2c(-c3cc4c(OC)cccc4o3)nc3ccccc3c2=O)cc1. The Bertz CT molecular complexity index is 1700. The molecule has 0 aliphatic rings. The van der Waals surface area contributed by atoms with Crippen molar-refractivity contribution in [3.63, 3.8) is 0 Å². The number of benzene rings is 3. The second-order valence-electron chi connectivity index (χ2n) is 8.38. The van der Waals surface area contributed by atoms with Gasteiger partial charge in [0.05, 0.1) is 36.2 Å². The molecule has 0 radical (unpaired) electrons. The Morgan fingerprint density at radius 2 is 1.87 bits per heavy atom. The minimum atomic E-state index is -0.735. The molecule has 0 saturated heterocycles. The lowest BCUT2D eigenvalue weighted by molar-refractivity contribution is -0.150. The highest BCUT2D eigenvalue weighted by molar-refractivity contribution is 5.88. The molecule has 192 valence electrons. The molecule has 0 bridgehead atoms. The van der Waals surface area contributed by atoms with Gasteiger partial charge >= 0.3 is 5.97 Å². The maximum absolute atomic E-state index is 13.5. The lowest BCUT2D eigenvalue weighted by Gasteiger charge is -2.13. The number of carbonyl (C=O) groups is 1. The smallest absolute Gasteiger partial charge is 0.347 e. The maximum Gasteiger partial charge on any atom is 0.347 e. The van der Waals surface area contributed by atoms with Crippen LogP contribution in [0.25, 0.3) is 33.5 Å². The van der Waals surface area contributed by atoms with Gasteiger partial charge in [-0.15, -0.1) is 0 Å². The quantitative estimate of drug-likeness (QED) is 0.212. The summed E-state index contributed by atoms with van der Waals surface area (Å²) in [4.78, 5) is 30.0. The van der Waals surface area contributed by atoms with Gasteiger partial charge in [-0.25, -0.2) is 9.78 Å². The van der Waals surface area contributed by atoms with E-state index in [-0.39, 0.29) is 18.0 Å². The summed E-state index contributed by atoms with van der Waals surface area (Å²) in [5.41, 5.74) is 1.50. The van der Waals surface area contributed by atoms with Gasteiger partial charge in [-0.3, -0.25) is 4.79 Å². The molecule has 0 N–H and O–H groups in total. The number of nitrogens with zero attached hydrogens (tertiary/aromatic N) is 3. The normalized spacial score (nSPS) is 12.2. The molecule has 2 heterocycles. The van der Waals surface area contributed by atoms with Gasteiger partial charge < -0.3 is 18.6 Å². The first-order valence-corrected chi connectivity index (χ1v) is 12.0. The van der Waals surface area contributed by atoms with Gasteiger partial charge in [-0.05, 0) is 74.0 Å². The van der Waals surface area contributed by atoms with Crippen molar-refractivity contribution in [2.45, 2.75) is 20.0 Å². The van der Waals surface area contributed by atoms with Gasteiger partial charge in [-0.2, -0.15) is 9.78 Å². The highest BCUT2D eigenvalue weighted by atomic mass is 16.6. The van der Waals surface area contributed by atoms with E-state index in [1.54, 1.807) is 75.7 Å². The molecule has 0 saturated carbocycles. The summed E-state index contributed by atoms with van der Waals surface area (Å²) in [5, 5.41) is 5.66. The number of furan rings is 1. The lowest BCUT2D eigenvalue weighted by Crippen LogP contribution is -2.26. The van der Waals surface area contributed by atoms with Crippen LogP contribution >= 0.6 is 0 Å². The average Bonchev–Trinajstić information content (AvgIpc) is 3.38. The summed E-state index contributed by atoms with van der Waals surface area (Å²) in [6.07, 6.45) is 0.810. The molecular formula is C29H25N3O6. The monoisotopic (exact) mass is 511 g/mol. The van der Waals surface area contributed by atoms with E-state index in [9.17, 15) is 9.59 Å². The van der Waals surface area contributed by atoms with E-state index in [1.807, 2.05) is 24.3 Å². The second-order valence-corrected chi connectivity index (χ2v) is 8.38. The number of para-hydroxylation sites is 1. The van der Waals surface area contributed by atoms with E-state index >= 15 is 0 Å². The number of carbonyl (C=O) groups excluding carboxylic acids is 1. The van der Waals surface area contributed by atoms with Crippen molar-refractivity contribution in [2.24, 2.45) is 5.10 Å². The first-order chi connectivity index (χ1) is 18.5. The minimum Gasteiger partial charge on any atom is -0.496 e. The molecular weight excluding hydrogens is 486 g/mol. The van der Waals surface area contributed by atoms with Crippen molar-refractivity contribution < 1.29 is 23.4 Å². The van der Waals surface area contributed by atoms with Crippen molar-refractivity contribution in [1.82, 2.24) is 9.66 Å². The van der Waals surface area contributed by atoms with Gasteiger partial charge in [0, 0.05) is 0 Å². The van der Waals surface area contributed by atoms with E-state index in [0.717, 1.165) is 5.39 Å². The fraction of sp³-hybridized carbons (Fsp3) is 0.172. The number of ether oxygens (including phenoxy) is 3. The van der Waals surface area contributed by atoms with Crippen molar-refractivity contribution in [3.05, 3.63) is 88.7 Å². The molecule has 9 heteroatoms. The standard InChI is InChI=1S/C29H25N3O6/c1-4-36-29(34)18(2)37-20-14-12-19(13-15-20)17-30-32-27(31-23-9-6-5-8-21(23)28(32)33)26-16-22-24(35-3)10-7-11-25(22)38-26/h5-18H,4H2,1-3H3/t18-/m0/s1. The Balaban J connectivity index is 1.52. The minimum absolute atomic E-state index is 0.256. The molecule has 0 unspecified atom stereocenters. The Hall–Kier alpha value is -4.92. The number of fused-ring (bicyclic) bond motifs is 2. The van der Waals surface area contributed by atoms with E-state index in [2.05, 4.69) is 5.10 Å². The van der Waals surface area contributed by atoms with Crippen LogP contribution in [-0.4, -0.2) is 41.7 Å². The summed E-state index contributed by atoms with van der Waals surface area (Å²) in [5.74, 6) is 1.35. The lowest BCUT2D eigenvalue weighted by atomic mass is 10.2. The van der Waals surface area contributed by atoms with E-state index in [1.165, 1.54) is 4.68 Å². The number of rotatable bonds is 8. The summed E-state index contributed by atoms with van der Waals surface area (Å²) < 4.78 is 23.3. The molecule has 2 aromatic heterocycles. The van der Waals surface area contributed by atoms with E-state index in [0.29, 0.717) is 39.3 Å². The van der Waals surface area contributed by atoms with Crippen molar-refractivity contribution >= 4 is 34.1 Å². The fourth-order valence-corrected chi connectivity index (χ4v) is 3.98. The van der Waals surface area contributed by atoms with Crippen LogP contribution in [0.15, 0.2) is 87.1 Å². The average molecular weight is 512 g/mol. The first kappa shape index (κ1) is 24.8. The zero-order valence-corrected chi connectivity index (χ0v) is 21.1. The molecule has 0 spiro atoms. The highest BCUT2D eigenvalue weighted by Gasteiger charge is 2.18. The van der Waals surface area contributed by atoms with E-state index < -0.39 is 12.1 Å². The summed E-state index contributed by atoms with van der Waals surface area (Å²) in [6.45, 7) is 3.65. The zero-order chi connectivity index (χ0) is 26.6. The van der Waals surface area contributed by atoms with Crippen LogP contribution in [-0.2, 0) is 9.53 Å². The third-order valence-electron chi connectivity index (χ3n) is 5.85. The van der Waals surface area contributed by atoms with Gasteiger partial charge in [0.1, 0.15) is 17.1 Å². The van der Waals surface area contributed by atoms with Gasteiger partial charge in [0.25, 0.3) is 5.56 Å². The molecule has 5 rings (SSSR count). The van der Waals surface area contributed by atoms with Crippen LogP contribution in [0, 0.1) is 0 Å². The Kier molecular flexibility index (Phi) is 6.90. The second kappa shape index (κ2) is 10.6. The predicted octanol–water partition coefficient (Wildman–Crippen LogP) is 5.03. The number of aromatic nitrogens is 2. The maximum atomic E-state index is 13.5. The van der Waals surface area contributed by atoms with Crippen LogP contribution < -0.4 is 15.0 Å². The molecule has 0 aliphatic carbocycles. The molecule has 0 aliphatic heterocycles. The molecule has 0 amide bonds. The van der Waals surface area contributed by atoms with Crippen LogP contribution in [0.2, 0.25) is 0 Å². The molecule has 0 fully saturated rings. The Morgan fingerprint density at radius 3 is 2.63 bits per heavy atom. The van der Waals surface area contributed by atoms with Gasteiger partial charge in [0.2, 0.25) is 5.82 Å². The van der Waals surface area contributed by atoms with Crippen molar-refractivity contribution in [2.75, 3.05) is 13.7 Å². The molecule has 38 heavy (non-hydrogen) atoms. The summed E-state index contributed by atoms with van der Waals surface area (Å²) >= 11 is 0. The molecule has 5 aromatic rings. The third-order valence-corrected chi connectivity index (χ3v) is 5.85. The highest BCUT2D eigenvalue weighted by Crippen LogP contribution is 2.32. The molecule has 9 nitrogen and oxygen atoms in total. The zero-order valence-electron chi connectivity index (χ0n) is 21.1. The topological polar surface area (TPSA) is 105 Å². The summed E-state index contributed by atoms with van der Waals surface area (Å²) in [6, 6.07) is 21.3. The first-order valence-electron chi connectivity index (χ1n) is 12.0. The Morgan fingerprint density at radius 1 is 1.08 bits per heavy atom. The number of hydrogen-bond acceptors (Lipinski definition) is 8. The Labute approximate surface area is 217 Å². The summed E-state index contributed by atoms with van der Waals surface area (Å²) in [7, 11) is 1.59. The third kappa shape index (κ3) is 4.86. The number of hydrogen-bond donors (Lipinski definition) is 0. The van der Waals surface area contributed by atoms with E-state index in [4.69, 9.17) is 23.6 Å². The van der Waals surface area contributed by atoms with Crippen molar-refractivity contribution in [3.8, 4) is 23.1 Å².